The lowest BCUT2D eigenvalue weighted by Crippen LogP contribution is -2.60. The molecule has 0 N–H and O–H groups in total. The van der Waals surface area contributed by atoms with E-state index in [1.54, 1.807) is 70.2 Å². The van der Waals surface area contributed by atoms with Crippen LogP contribution in [0.5, 0.6) is 11.5 Å². The van der Waals surface area contributed by atoms with Crippen LogP contribution < -0.4 is 19.5 Å². The molecule has 17 heteroatoms. The number of rotatable bonds is 10. The summed E-state index contributed by atoms with van der Waals surface area (Å²) in [5.41, 5.74) is -1.90. The van der Waals surface area contributed by atoms with Gasteiger partial charge >= 0.3 is 11.8 Å². The van der Waals surface area contributed by atoms with Crippen LogP contribution in [-0.2, 0) is 27.0 Å². The van der Waals surface area contributed by atoms with Gasteiger partial charge < -0.3 is 23.5 Å². The molecular weight excluding hydrogens is 709 g/mol. The summed E-state index contributed by atoms with van der Waals surface area (Å²) in [6.45, 7) is 5.92. The van der Waals surface area contributed by atoms with Crippen molar-refractivity contribution in [1.82, 2.24) is 18.8 Å². The Bertz CT molecular complexity index is 2260. The third-order valence-corrected chi connectivity index (χ3v) is 11.0. The van der Waals surface area contributed by atoms with Crippen molar-refractivity contribution in [2.24, 2.45) is 0 Å². The normalized spacial score (nSPS) is 14.9. The summed E-state index contributed by atoms with van der Waals surface area (Å²) in [4.78, 5) is 30.4. The lowest BCUT2D eigenvalue weighted by molar-refractivity contribution is -0.0542. The average Bonchev–Trinajstić information content (AvgIpc) is 3.71. The molecular formula is C34H35F2N5O8S2. The zero-order valence-electron chi connectivity index (χ0n) is 28.5. The van der Waals surface area contributed by atoms with E-state index in [2.05, 4.69) is 9.36 Å². The topological polar surface area (TPSA) is 146 Å². The SMILES string of the molecule is COc1ccc(CN(c2ncns2)S(=O)(=O)c2cc3oc(=O)n(C(C)c4ccccc4C4(F)CN(C(=O)OC(C)(C)C)C4)c3cc2F)c(OC)c1. The summed E-state index contributed by atoms with van der Waals surface area (Å²) in [5.74, 6) is -1.28. The van der Waals surface area contributed by atoms with E-state index in [9.17, 15) is 18.0 Å². The predicted molar refractivity (Wildman–Crippen MR) is 184 cm³/mol. The minimum Gasteiger partial charge on any atom is -0.497 e. The Labute approximate surface area is 296 Å². The van der Waals surface area contributed by atoms with Crippen molar-refractivity contribution in [2.45, 2.75) is 56.4 Å². The number of alkyl halides is 1. The summed E-state index contributed by atoms with van der Waals surface area (Å²) in [5, 5.41) is -0.0435. The van der Waals surface area contributed by atoms with Crippen LogP contribution in [0, 0.1) is 5.82 Å². The fourth-order valence-electron chi connectivity index (χ4n) is 5.98. The Hall–Kier alpha value is -5.03. The number of ether oxygens (including phenoxy) is 3. The maximum atomic E-state index is 16.3. The fraction of sp³-hybridized carbons (Fsp3) is 0.353. The lowest BCUT2D eigenvalue weighted by atomic mass is 9.83. The van der Waals surface area contributed by atoms with Gasteiger partial charge in [-0.25, -0.2) is 36.1 Å². The smallest absolute Gasteiger partial charge is 0.420 e. The van der Waals surface area contributed by atoms with E-state index in [4.69, 9.17) is 18.6 Å². The van der Waals surface area contributed by atoms with Gasteiger partial charge in [0.05, 0.1) is 45.4 Å². The molecule has 0 spiro atoms. The highest BCUT2D eigenvalue weighted by molar-refractivity contribution is 7.93. The van der Waals surface area contributed by atoms with Gasteiger partial charge in [-0.1, -0.05) is 24.3 Å². The van der Waals surface area contributed by atoms with E-state index in [0.717, 1.165) is 32.5 Å². The van der Waals surface area contributed by atoms with Crippen molar-refractivity contribution in [3.63, 3.8) is 0 Å². The fourth-order valence-corrected chi connectivity index (χ4v) is 8.18. The summed E-state index contributed by atoms with van der Waals surface area (Å²) in [6.07, 6.45) is 0.527. The maximum absolute atomic E-state index is 16.3. The molecule has 1 amide bonds. The number of benzene rings is 3. The van der Waals surface area contributed by atoms with Crippen molar-refractivity contribution in [2.75, 3.05) is 31.6 Å². The highest BCUT2D eigenvalue weighted by atomic mass is 32.2. The molecule has 1 atom stereocenters. The maximum Gasteiger partial charge on any atom is 0.420 e. The first-order valence-electron chi connectivity index (χ1n) is 15.7. The third kappa shape index (κ3) is 6.74. The molecule has 5 aromatic rings. The Kier molecular flexibility index (Phi) is 9.30. The molecule has 0 saturated carbocycles. The molecule has 0 aliphatic carbocycles. The number of halogens is 2. The van der Waals surface area contributed by atoms with E-state index in [-0.39, 0.29) is 41.4 Å². The van der Waals surface area contributed by atoms with E-state index < -0.39 is 49.9 Å². The molecule has 51 heavy (non-hydrogen) atoms. The number of fused-ring (bicyclic) bond motifs is 1. The minimum absolute atomic E-state index is 0.0435. The van der Waals surface area contributed by atoms with E-state index >= 15 is 8.78 Å². The van der Waals surface area contributed by atoms with Crippen LogP contribution in [0.25, 0.3) is 11.1 Å². The summed E-state index contributed by atoms with van der Waals surface area (Å²) >= 11 is 0.785. The number of methoxy groups -OCH3 is 2. The molecule has 270 valence electrons. The number of anilines is 1. The predicted octanol–water partition coefficient (Wildman–Crippen LogP) is 6.02. The zero-order chi connectivity index (χ0) is 36.9. The Morgan fingerprint density at radius 1 is 1.12 bits per heavy atom. The molecule has 1 aliphatic heterocycles. The van der Waals surface area contributed by atoms with Gasteiger partial charge in [0.25, 0.3) is 10.0 Å². The zero-order valence-corrected chi connectivity index (χ0v) is 30.2. The molecule has 2 aromatic heterocycles. The minimum atomic E-state index is -4.69. The second-order valence-electron chi connectivity index (χ2n) is 13.0. The van der Waals surface area contributed by atoms with E-state index in [0.29, 0.717) is 22.6 Å². The molecule has 1 saturated heterocycles. The highest BCUT2D eigenvalue weighted by Gasteiger charge is 2.50. The first-order valence-corrected chi connectivity index (χ1v) is 17.9. The summed E-state index contributed by atoms with van der Waals surface area (Å²) in [7, 11) is -1.80. The number of amides is 1. The molecule has 3 aromatic carbocycles. The molecule has 1 aliphatic rings. The number of oxazole rings is 1. The monoisotopic (exact) mass is 743 g/mol. The molecule has 1 unspecified atom stereocenters. The number of sulfonamides is 1. The van der Waals surface area contributed by atoms with Gasteiger partial charge in [-0.2, -0.15) is 4.37 Å². The van der Waals surface area contributed by atoms with Gasteiger partial charge in [-0.15, -0.1) is 0 Å². The quantitative estimate of drug-likeness (QED) is 0.166. The first-order chi connectivity index (χ1) is 24.1. The van der Waals surface area contributed by atoms with Gasteiger partial charge in [0.2, 0.25) is 5.13 Å². The van der Waals surface area contributed by atoms with Crippen molar-refractivity contribution < 1.29 is 40.6 Å². The van der Waals surface area contributed by atoms with Gasteiger partial charge in [-0.05, 0) is 51.0 Å². The molecule has 1 fully saturated rings. The van der Waals surface area contributed by atoms with Crippen LogP contribution in [0.15, 0.2) is 75.0 Å². The van der Waals surface area contributed by atoms with Crippen LogP contribution in [0.3, 0.4) is 0 Å². The van der Waals surface area contributed by atoms with Crippen molar-refractivity contribution in [3.05, 3.63) is 94.0 Å². The highest BCUT2D eigenvalue weighted by Crippen LogP contribution is 2.41. The molecule has 0 bridgehead atoms. The number of carbonyl (C=O) groups excluding carboxylic acids is 1. The van der Waals surface area contributed by atoms with E-state index in [1.165, 1.54) is 25.4 Å². The van der Waals surface area contributed by atoms with Crippen LogP contribution in [0.4, 0.5) is 18.7 Å². The number of nitrogens with zero attached hydrogens (tertiary/aromatic N) is 5. The van der Waals surface area contributed by atoms with Crippen LogP contribution in [-0.4, -0.2) is 66.2 Å². The largest absolute Gasteiger partial charge is 0.497 e. The molecule has 3 heterocycles. The number of hydrogen-bond donors (Lipinski definition) is 0. The van der Waals surface area contributed by atoms with Crippen LogP contribution >= 0.6 is 11.5 Å². The Morgan fingerprint density at radius 3 is 2.49 bits per heavy atom. The summed E-state index contributed by atoms with van der Waals surface area (Å²) < 4.78 is 88.2. The van der Waals surface area contributed by atoms with Gasteiger partial charge in [0, 0.05) is 35.3 Å². The Morgan fingerprint density at radius 2 is 1.84 bits per heavy atom. The number of aromatic nitrogens is 3. The van der Waals surface area contributed by atoms with Gasteiger partial charge in [0.15, 0.2) is 11.3 Å². The summed E-state index contributed by atoms with van der Waals surface area (Å²) in [6, 6.07) is 12.3. The average molecular weight is 744 g/mol. The second kappa shape index (κ2) is 13.3. The van der Waals surface area contributed by atoms with Crippen molar-refractivity contribution >= 4 is 43.9 Å². The second-order valence-corrected chi connectivity index (χ2v) is 15.6. The van der Waals surface area contributed by atoms with Crippen LogP contribution in [0.2, 0.25) is 0 Å². The molecule has 0 radical (unpaired) electrons. The molecule has 6 rings (SSSR count). The molecule has 13 nitrogen and oxygen atoms in total. The van der Waals surface area contributed by atoms with E-state index in [1.807, 2.05) is 0 Å². The lowest BCUT2D eigenvalue weighted by Gasteiger charge is -2.45. The first kappa shape index (κ1) is 35.8. The van der Waals surface area contributed by atoms with Crippen molar-refractivity contribution in [3.8, 4) is 11.5 Å². The number of hydrogen-bond acceptors (Lipinski definition) is 11. The van der Waals surface area contributed by atoms with Gasteiger partial charge in [-0.3, -0.25) is 4.57 Å². The van der Waals surface area contributed by atoms with Gasteiger partial charge in [0.1, 0.15) is 34.1 Å². The Balaban J connectivity index is 1.35. The third-order valence-electron chi connectivity index (χ3n) is 8.42. The standard InChI is InChI=1S/C34H35F2N5O8S2/c1-20(23-9-7-8-10-24(23)34(36)17-39(18-34)31(42)49-33(2,3)4)41-26-14-25(35)29(15-28(26)48-32(41)43)51(44,45)40(30-37-19-38-50-30)16-21-11-12-22(46-5)13-27(21)47-6/h7-15,19-20H,16-18H2,1-6H3. The van der Waals surface area contributed by atoms with Crippen molar-refractivity contribution in [1.29, 1.82) is 0 Å². The number of likely N-dealkylation sites (tertiary alicyclic amines) is 1. The number of carbonyl (C=O) groups is 1. The van der Waals surface area contributed by atoms with Crippen LogP contribution in [0.1, 0.15) is 50.4 Å².